The number of rotatable bonds is 4. The molecule has 0 aliphatic heterocycles. The molecule has 2 N–H and O–H groups in total. The molecule has 1 aromatic carbocycles. The van der Waals surface area contributed by atoms with Crippen molar-refractivity contribution in [1.82, 2.24) is 5.32 Å². The molecule has 0 unspecified atom stereocenters. The molecule has 92 valence electrons. The molecule has 0 bridgehead atoms. The Bertz CT molecular complexity index is 440. The first kappa shape index (κ1) is 13.4. The summed E-state index contributed by atoms with van der Waals surface area (Å²) in [6.07, 6.45) is 0. The molecule has 0 heterocycles. The highest BCUT2D eigenvalue weighted by Crippen LogP contribution is 2.14. The van der Waals surface area contributed by atoms with E-state index in [-0.39, 0.29) is 18.1 Å². The van der Waals surface area contributed by atoms with Gasteiger partial charge in [-0.25, -0.2) is 8.78 Å². The number of halogens is 3. The van der Waals surface area contributed by atoms with Crippen molar-refractivity contribution >= 4 is 29.1 Å². The molecule has 1 rings (SSSR count). The van der Waals surface area contributed by atoms with Gasteiger partial charge in [-0.15, -0.1) is 11.6 Å². The van der Waals surface area contributed by atoms with Gasteiger partial charge in [0.2, 0.25) is 11.8 Å². The zero-order chi connectivity index (χ0) is 12.8. The first-order chi connectivity index (χ1) is 8.02. The lowest BCUT2D eigenvalue weighted by molar-refractivity contribution is -0.122. The molecule has 17 heavy (non-hydrogen) atoms. The van der Waals surface area contributed by atoms with Gasteiger partial charge in [-0.2, -0.15) is 0 Å². The Morgan fingerprint density at radius 2 is 1.94 bits per heavy atom. The highest BCUT2D eigenvalue weighted by atomic mass is 35.5. The summed E-state index contributed by atoms with van der Waals surface area (Å²) in [5.74, 6) is -3.04. The number of nitrogens with one attached hydrogen (secondary N) is 2. The quantitative estimate of drug-likeness (QED) is 0.803. The summed E-state index contributed by atoms with van der Waals surface area (Å²) >= 11 is 5.19. The van der Waals surface area contributed by atoms with E-state index in [1.54, 1.807) is 0 Å². The minimum absolute atomic E-state index is 0.156. The molecular formula is C10H9ClF2N2O2. The van der Waals surface area contributed by atoms with Crippen LogP contribution in [-0.2, 0) is 9.59 Å². The van der Waals surface area contributed by atoms with E-state index in [2.05, 4.69) is 10.6 Å². The molecule has 0 saturated heterocycles. The van der Waals surface area contributed by atoms with Crippen LogP contribution in [0, 0.1) is 11.6 Å². The first-order valence-electron chi connectivity index (χ1n) is 4.60. The van der Waals surface area contributed by atoms with Crippen molar-refractivity contribution < 1.29 is 18.4 Å². The summed E-state index contributed by atoms with van der Waals surface area (Å²) in [4.78, 5) is 22.0. The highest BCUT2D eigenvalue weighted by molar-refractivity contribution is 6.27. The molecule has 0 aromatic heterocycles. The Balaban J connectivity index is 2.53. The monoisotopic (exact) mass is 262 g/mol. The van der Waals surface area contributed by atoms with Crippen molar-refractivity contribution in [3.8, 4) is 0 Å². The lowest BCUT2D eigenvalue weighted by Crippen LogP contribution is -2.33. The van der Waals surface area contributed by atoms with Crippen molar-refractivity contribution in [3.05, 3.63) is 29.8 Å². The topological polar surface area (TPSA) is 58.2 Å². The van der Waals surface area contributed by atoms with E-state index in [4.69, 9.17) is 11.6 Å². The third-order valence-electron chi connectivity index (χ3n) is 1.77. The lowest BCUT2D eigenvalue weighted by Gasteiger charge is -2.06. The average molecular weight is 263 g/mol. The standard InChI is InChI=1S/C10H9ClF2N2O2/c11-4-9(16)14-5-10(17)15-8-2-1-6(12)3-7(8)13/h1-3H,4-5H2,(H,14,16)(H,15,17). The molecule has 2 amide bonds. The van der Waals surface area contributed by atoms with Crippen molar-refractivity contribution in [2.45, 2.75) is 0 Å². The van der Waals surface area contributed by atoms with Gasteiger partial charge in [0.1, 0.15) is 17.5 Å². The van der Waals surface area contributed by atoms with Crippen LogP contribution >= 0.6 is 11.6 Å². The second kappa shape index (κ2) is 6.15. The van der Waals surface area contributed by atoms with Gasteiger partial charge in [-0.1, -0.05) is 0 Å². The van der Waals surface area contributed by atoms with Gasteiger partial charge in [0.05, 0.1) is 12.2 Å². The molecule has 7 heteroatoms. The van der Waals surface area contributed by atoms with E-state index < -0.39 is 23.4 Å². The predicted molar refractivity (Wildman–Crippen MR) is 58.7 cm³/mol. The average Bonchev–Trinajstić information content (AvgIpc) is 2.29. The van der Waals surface area contributed by atoms with Crippen molar-refractivity contribution in [2.24, 2.45) is 0 Å². The third-order valence-corrected chi connectivity index (χ3v) is 2.02. The van der Waals surface area contributed by atoms with Gasteiger partial charge in [0.15, 0.2) is 0 Å². The van der Waals surface area contributed by atoms with Crippen molar-refractivity contribution in [3.63, 3.8) is 0 Å². The lowest BCUT2D eigenvalue weighted by atomic mass is 10.3. The van der Waals surface area contributed by atoms with E-state index in [9.17, 15) is 18.4 Å². The molecule has 0 saturated carbocycles. The van der Waals surface area contributed by atoms with Crippen LogP contribution in [0.2, 0.25) is 0 Å². The zero-order valence-corrected chi connectivity index (χ0v) is 9.35. The van der Waals surface area contributed by atoms with Gasteiger partial charge in [0, 0.05) is 6.07 Å². The van der Waals surface area contributed by atoms with E-state index in [0.29, 0.717) is 6.07 Å². The fourth-order valence-corrected chi connectivity index (χ4v) is 1.11. The fraction of sp³-hybridized carbons (Fsp3) is 0.200. The Labute approximate surface area is 101 Å². The summed E-state index contributed by atoms with van der Waals surface area (Å²) in [6, 6.07) is 2.74. The van der Waals surface area contributed by atoms with Crippen LogP contribution in [0.3, 0.4) is 0 Å². The number of anilines is 1. The summed E-state index contributed by atoms with van der Waals surface area (Å²) in [5.41, 5.74) is -0.156. The number of carbonyl (C=O) groups is 2. The van der Waals surface area contributed by atoms with E-state index in [1.165, 1.54) is 0 Å². The van der Waals surface area contributed by atoms with Crippen LogP contribution < -0.4 is 10.6 Å². The largest absolute Gasteiger partial charge is 0.346 e. The molecule has 0 atom stereocenters. The molecule has 0 fully saturated rings. The second-order valence-electron chi connectivity index (χ2n) is 3.08. The van der Waals surface area contributed by atoms with Crippen LogP contribution in [0.1, 0.15) is 0 Å². The number of benzene rings is 1. The number of amides is 2. The number of hydrogen-bond acceptors (Lipinski definition) is 2. The van der Waals surface area contributed by atoms with Crippen molar-refractivity contribution in [2.75, 3.05) is 17.7 Å². The maximum Gasteiger partial charge on any atom is 0.243 e. The molecule has 0 spiro atoms. The fourth-order valence-electron chi connectivity index (χ4n) is 1.01. The van der Waals surface area contributed by atoms with Crippen LogP contribution in [-0.4, -0.2) is 24.2 Å². The molecular weight excluding hydrogens is 254 g/mol. The zero-order valence-electron chi connectivity index (χ0n) is 8.60. The van der Waals surface area contributed by atoms with Gasteiger partial charge in [-0.3, -0.25) is 9.59 Å². The Morgan fingerprint density at radius 1 is 1.24 bits per heavy atom. The Kier molecular flexibility index (Phi) is 4.84. The van der Waals surface area contributed by atoms with Crippen molar-refractivity contribution in [1.29, 1.82) is 0 Å². The van der Waals surface area contributed by atoms with Gasteiger partial charge < -0.3 is 10.6 Å². The number of hydrogen-bond donors (Lipinski definition) is 2. The Morgan fingerprint density at radius 3 is 2.53 bits per heavy atom. The Hall–Kier alpha value is -1.69. The molecule has 0 radical (unpaired) electrons. The summed E-state index contributed by atoms with van der Waals surface area (Å²) in [5, 5.41) is 4.38. The van der Waals surface area contributed by atoms with Crippen LogP contribution in [0.4, 0.5) is 14.5 Å². The molecule has 0 aliphatic carbocycles. The smallest absolute Gasteiger partial charge is 0.243 e. The van der Waals surface area contributed by atoms with E-state index in [1.807, 2.05) is 0 Å². The second-order valence-corrected chi connectivity index (χ2v) is 3.35. The highest BCUT2D eigenvalue weighted by Gasteiger charge is 2.08. The SMILES string of the molecule is O=C(CCl)NCC(=O)Nc1ccc(F)cc1F. The summed E-state index contributed by atoms with van der Waals surface area (Å²) in [6.45, 7) is -0.331. The van der Waals surface area contributed by atoms with Gasteiger partial charge >= 0.3 is 0 Å². The van der Waals surface area contributed by atoms with Crippen LogP contribution in [0.5, 0.6) is 0 Å². The summed E-state index contributed by atoms with van der Waals surface area (Å²) in [7, 11) is 0. The van der Waals surface area contributed by atoms with E-state index >= 15 is 0 Å². The first-order valence-corrected chi connectivity index (χ1v) is 5.14. The number of alkyl halides is 1. The summed E-state index contributed by atoms with van der Waals surface area (Å²) < 4.78 is 25.7. The maximum atomic E-state index is 13.1. The van der Waals surface area contributed by atoms with Crippen LogP contribution in [0.25, 0.3) is 0 Å². The normalized spacial score (nSPS) is 9.82. The molecule has 1 aromatic rings. The van der Waals surface area contributed by atoms with E-state index in [0.717, 1.165) is 12.1 Å². The predicted octanol–water partition coefficient (Wildman–Crippen LogP) is 1.26. The van der Waals surface area contributed by atoms with Crippen LogP contribution in [0.15, 0.2) is 18.2 Å². The molecule has 0 aliphatic rings. The molecule has 4 nitrogen and oxygen atoms in total. The minimum Gasteiger partial charge on any atom is -0.346 e. The maximum absolute atomic E-state index is 13.1. The third kappa shape index (κ3) is 4.36. The number of carbonyl (C=O) groups excluding carboxylic acids is 2. The van der Waals surface area contributed by atoms with Gasteiger partial charge in [-0.05, 0) is 12.1 Å². The minimum atomic E-state index is -0.887. The van der Waals surface area contributed by atoms with Gasteiger partial charge in [0.25, 0.3) is 0 Å².